The molecular formula is C9H17NO3. The Morgan fingerprint density at radius 2 is 2.38 bits per heavy atom. The van der Waals surface area contributed by atoms with Crippen LogP contribution in [0.5, 0.6) is 0 Å². The lowest BCUT2D eigenvalue weighted by Gasteiger charge is -2.21. The SMILES string of the molecule is CCOC(=O)C1(C)CC(OC)CN1. The molecule has 1 fully saturated rings. The molecule has 0 saturated carbocycles. The van der Waals surface area contributed by atoms with Crippen molar-refractivity contribution in [2.75, 3.05) is 20.3 Å². The minimum atomic E-state index is -0.559. The van der Waals surface area contributed by atoms with Crippen molar-refractivity contribution in [2.45, 2.75) is 31.9 Å². The van der Waals surface area contributed by atoms with Gasteiger partial charge in [0.05, 0.1) is 12.7 Å². The number of hydrogen-bond donors (Lipinski definition) is 1. The van der Waals surface area contributed by atoms with E-state index in [1.807, 2.05) is 13.8 Å². The van der Waals surface area contributed by atoms with E-state index in [1.54, 1.807) is 7.11 Å². The molecule has 1 N–H and O–H groups in total. The Morgan fingerprint density at radius 3 is 2.85 bits per heavy atom. The third-order valence-electron chi connectivity index (χ3n) is 2.42. The molecule has 1 saturated heterocycles. The van der Waals surface area contributed by atoms with Gasteiger partial charge in [0.2, 0.25) is 0 Å². The molecule has 4 heteroatoms. The van der Waals surface area contributed by atoms with Crippen LogP contribution in [0.15, 0.2) is 0 Å². The third kappa shape index (κ3) is 2.19. The van der Waals surface area contributed by atoms with Crippen molar-refractivity contribution < 1.29 is 14.3 Å². The number of methoxy groups -OCH3 is 1. The van der Waals surface area contributed by atoms with Gasteiger partial charge in [0, 0.05) is 20.1 Å². The van der Waals surface area contributed by atoms with E-state index < -0.39 is 5.54 Å². The molecule has 2 atom stereocenters. The maximum atomic E-state index is 11.5. The maximum Gasteiger partial charge on any atom is 0.326 e. The Labute approximate surface area is 78.6 Å². The molecule has 2 unspecified atom stereocenters. The minimum Gasteiger partial charge on any atom is -0.465 e. The van der Waals surface area contributed by atoms with Crippen LogP contribution >= 0.6 is 0 Å². The van der Waals surface area contributed by atoms with Crippen LogP contribution < -0.4 is 5.32 Å². The van der Waals surface area contributed by atoms with Crippen molar-refractivity contribution in [3.05, 3.63) is 0 Å². The molecule has 0 radical (unpaired) electrons. The molecule has 0 aliphatic carbocycles. The first kappa shape index (κ1) is 10.5. The van der Waals surface area contributed by atoms with E-state index in [0.717, 1.165) is 0 Å². The Kier molecular flexibility index (Phi) is 3.27. The number of hydrogen-bond acceptors (Lipinski definition) is 4. The number of ether oxygens (including phenoxy) is 2. The quantitative estimate of drug-likeness (QED) is 0.646. The Morgan fingerprint density at radius 1 is 1.69 bits per heavy atom. The molecular weight excluding hydrogens is 170 g/mol. The van der Waals surface area contributed by atoms with Gasteiger partial charge >= 0.3 is 5.97 Å². The molecule has 4 nitrogen and oxygen atoms in total. The van der Waals surface area contributed by atoms with Gasteiger partial charge in [-0.2, -0.15) is 0 Å². The molecule has 0 aromatic rings. The number of rotatable bonds is 3. The van der Waals surface area contributed by atoms with Gasteiger partial charge in [0.1, 0.15) is 5.54 Å². The summed E-state index contributed by atoms with van der Waals surface area (Å²) in [6.07, 6.45) is 0.803. The Hall–Kier alpha value is -0.610. The lowest BCUT2D eigenvalue weighted by atomic mass is 10.00. The zero-order valence-corrected chi connectivity index (χ0v) is 8.42. The van der Waals surface area contributed by atoms with Crippen molar-refractivity contribution in [3.8, 4) is 0 Å². The van der Waals surface area contributed by atoms with Crippen molar-refractivity contribution in [3.63, 3.8) is 0 Å². The van der Waals surface area contributed by atoms with Crippen molar-refractivity contribution >= 4 is 5.97 Å². The molecule has 0 amide bonds. The highest BCUT2D eigenvalue weighted by molar-refractivity contribution is 5.80. The van der Waals surface area contributed by atoms with Crippen LogP contribution in [0.4, 0.5) is 0 Å². The molecule has 13 heavy (non-hydrogen) atoms. The van der Waals surface area contributed by atoms with E-state index in [9.17, 15) is 4.79 Å². The van der Waals surface area contributed by atoms with Crippen molar-refractivity contribution in [1.82, 2.24) is 5.32 Å². The molecule has 0 spiro atoms. The minimum absolute atomic E-state index is 0.120. The summed E-state index contributed by atoms with van der Waals surface area (Å²) in [7, 11) is 1.66. The molecule has 76 valence electrons. The Bertz CT molecular complexity index is 195. The van der Waals surface area contributed by atoms with Gasteiger partial charge in [-0.3, -0.25) is 10.1 Å². The summed E-state index contributed by atoms with van der Waals surface area (Å²) < 4.78 is 10.1. The van der Waals surface area contributed by atoms with E-state index in [1.165, 1.54) is 0 Å². The summed E-state index contributed by atoms with van der Waals surface area (Å²) in [6.45, 7) is 4.80. The van der Waals surface area contributed by atoms with Gasteiger partial charge in [0.15, 0.2) is 0 Å². The van der Waals surface area contributed by atoms with Gasteiger partial charge in [-0.05, 0) is 13.8 Å². The van der Waals surface area contributed by atoms with Gasteiger partial charge in [0.25, 0.3) is 0 Å². The smallest absolute Gasteiger partial charge is 0.326 e. The second-order valence-electron chi connectivity index (χ2n) is 3.50. The molecule has 1 aliphatic heterocycles. The summed E-state index contributed by atoms with van der Waals surface area (Å²) in [5, 5.41) is 3.12. The lowest BCUT2D eigenvalue weighted by molar-refractivity contribution is -0.150. The first-order chi connectivity index (χ1) is 6.12. The predicted molar refractivity (Wildman–Crippen MR) is 48.5 cm³/mol. The predicted octanol–water partition coefficient (Wildman–Crippen LogP) is 0.316. The van der Waals surface area contributed by atoms with Gasteiger partial charge in [-0.1, -0.05) is 0 Å². The normalized spacial score (nSPS) is 33.3. The first-order valence-corrected chi connectivity index (χ1v) is 4.57. The highest BCUT2D eigenvalue weighted by atomic mass is 16.5. The van der Waals surface area contributed by atoms with Crippen molar-refractivity contribution in [2.24, 2.45) is 0 Å². The zero-order chi connectivity index (χ0) is 9.90. The van der Waals surface area contributed by atoms with E-state index in [0.29, 0.717) is 19.6 Å². The molecule has 0 aromatic carbocycles. The fraction of sp³-hybridized carbons (Fsp3) is 0.889. The van der Waals surface area contributed by atoms with Crippen LogP contribution in [-0.4, -0.2) is 37.9 Å². The molecule has 1 aliphatic rings. The largest absolute Gasteiger partial charge is 0.465 e. The summed E-state index contributed by atoms with van der Waals surface area (Å²) in [5.74, 6) is -0.186. The van der Waals surface area contributed by atoms with E-state index in [-0.39, 0.29) is 12.1 Å². The highest BCUT2D eigenvalue weighted by Crippen LogP contribution is 2.22. The average molecular weight is 187 g/mol. The second kappa shape index (κ2) is 4.07. The highest BCUT2D eigenvalue weighted by Gasteiger charge is 2.42. The summed E-state index contributed by atoms with van der Waals surface area (Å²) >= 11 is 0. The fourth-order valence-corrected chi connectivity index (χ4v) is 1.55. The average Bonchev–Trinajstić information content (AvgIpc) is 2.49. The number of esters is 1. The summed E-state index contributed by atoms with van der Waals surface area (Å²) in [6, 6.07) is 0. The molecule has 0 bridgehead atoms. The van der Waals surface area contributed by atoms with Gasteiger partial charge < -0.3 is 9.47 Å². The number of carbonyl (C=O) groups is 1. The fourth-order valence-electron chi connectivity index (χ4n) is 1.55. The number of carbonyl (C=O) groups excluding carboxylic acids is 1. The van der Waals surface area contributed by atoms with Crippen LogP contribution in [0.3, 0.4) is 0 Å². The van der Waals surface area contributed by atoms with Crippen LogP contribution in [0, 0.1) is 0 Å². The third-order valence-corrected chi connectivity index (χ3v) is 2.42. The molecule has 1 heterocycles. The lowest BCUT2D eigenvalue weighted by Crippen LogP contribution is -2.45. The van der Waals surface area contributed by atoms with Crippen LogP contribution in [-0.2, 0) is 14.3 Å². The Balaban J connectivity index is 2.53. The van der Waals surface area contributed by atoms with Crippen LogP contribution in [0.25, 0.3) is 0 Å². The summed E-state index contributed by atoms with van der Waals surface area (Å²) in [4.78, 5) is 11.5. The van der Waals surface area contributed by atoms with Crippen LogP contribution in [0.1, 0.15) is 20.3 Å². The topological polar surface area (TPSA) is 47.6 Å². The standard InChI is InChI=1S/C9H17NO3/c1-4-13-8(11)9(2)5-7(12-3)6-10-9/h7,10H,4-6H2,1-3H3. The van der Waals surface area contributed by atoms with E-state index in [2.05, 4.69) is 5.32 Å². The van der Waals surface area contributed by atoms with Crippen LogP contribution in [0.2, 0.25) is 0 Å². The zero-order valence-electron chi connectivity index (χ0n) is 8.42. The van der Waals surface area contributed by atoms with E-state index >= 15 is 0 Å². The van der Waals surface area contributed by atoms with Gasteiger partial charge in [-0.25, -0.2) is 0 Å². The first-order valence-electron chi connectivity index (χ1n) is 4.57. The van der Waals surface area contributed by atoms with Gasteiger partial charge in [-0.15, -0.1) is 0 Å². The van der Waals surface area contributed by atoms with Crippen molar-refractivity contribution in [1.29, 1.82) is 0 Å². The second-order valence-corrected chi connectivity index (χ2v) is 3.50. The summed E-state index contributed by atoms with van der Waals surface area (Å²) in [5.41, 5.74) is -0.559. The maximum absolute atomic E-state index is 11.5. The number of nitrogens with one attached hydrogen (secondary N) is 1. The monoisotopic (exact) mass is 187 g/mol. The molecule has 1 rings (SSSR count). The molecule has 0 aromatic heterocycles. The van der Waals surface area contributed by atoms with E-state index in [4.69, 9.17) is 9.47 Å².